The van der Waals surface area contributed by atoms with Crippen LogP contribution in [-0.4, -0.2) is 53.1 Å². The Morgan fingerprint density at radius 2 is 1.70 bits per heavy atom. The van der Waals surface area contributed by atoms with Crippen LogP contribution in [0.5, 0.6) is 0 Å². The summed E-state index contributed by atoms with van der Waals surface area (Å²) in [5.74, 6) is -2.15. The van der Waals surface area contributed by atoms with Crippen molar-refractivity contribution in [2.75, 3.05) is 31.6 Å². The number of ether oxygens (including phenoxy) is 2. The molecule has 0 aliphatic carbocycles. The van der Waals surface area contributed by atoms with E-state index in [1.807, 2.05) is 0 Å². The second-order valence-electron chi connectivity index (χ2n) is 6.43. The van der Waals surface area contributed by atoms with E-state index in [1.54, 1.807) is 4.90 Å². The largest absolute Gasteiger partial charge is 0.347 e. The fourth-order valence-corrected chi connectivity index (χ4v) is 3.26. The van der Waals surface area contributed by atoms with Crippen LogP contribution in [0.2, 0.25) is 0 Å². The third-order valence-electron chi connectivity index (χ3n) is 4.73. The van der Waals surface area contributed by atoms with E-state index in [-0.39, 0.29) is 23.1 Å². The van der Waals surface area contributed by atoms with Crippen LogP contribution in [0.4, 0.5) is 20.3 Å². The van der Waals surface area contributed by atoms with Gasteiger partial charge in [0.1, 0.15) is 17.3 Å². The Morgan fingerprint density at radius 3 is 2.30 bits per heavy atom. The minimum absolute atomic E-state index is 0.140. The lowest BCUT2D eigenvalue weighted by Crippen LogP contribution is -2.47. The molecule has 2 aliphatic heterocycles. The zero-order valence-corrected chi connectivity index (χ0v) is 14.5. The molecule has 3 heterocycles. The number of hydrogen-bond donors (Lipinski definition) is 1. The van der Waals surface area contributed by atoms with E-state index in [0.717, 1.165) is 12.1 Å². The van der Waals surface area contributed by atoms with Crippen LogP contribution in [0.25, 0.3) is 0 Å². The summed E-state index contributed by atoms with van der Waals surface area (Å²) in [7, 11) is 0. The Balaban J connectivity index is 1.41. The predicted molar refractivity (Wildman–Crippen MR) is 91.4 cm³/mol. The second-order valence-corrected chi connectivity index (χ2v) is 6.43. The molecule has 1 aromatic heterocycles. The Morgan fingerprint density at radius 1 is 1.04 bits per heavy atom. The van der Waals surface area contributed by atoms with Gasteiger partial charge in [-0.1, -0.05) is 6.07 Å². The number of halogens is 2. The van der Waals surface area contributed by atoms with Crippen molar-refractivity contribution >= 4 is 17.4 Å². The van der Waals surface area contributed by atoms with Gasteiger partial charge >= 0.3 is 0 Å². The standard InChI is InChI=1S/C18H18F2N4O3/c19-12-2-1-3-13(20)16(12)21-15-5-4-14(22-23-15)17(25)24-8-6-18(7-9-24)26-10-11-27-18/h1-5H,6-11H2,(H,21,23). The monoisotopic (exact) mass is 376 g/mol. The van der Waals surface area contributed by atoms with E-state index in [4.69, 9.17) is 9.47 Å². The van der Waals surface area contributed by atoms with E-state index in [2.05, 4.69) is 15.5 Å². The molecule has 1 aromatic carbocycles. The molecule has 1 N–H and O–H groups in total. The molecule has 2 aliphatic rings. The highest BCUT2D eigenvalue weighted by Gasteiger charge is 2.41. The molecule has 2 fully saturated rings. The molecule has 0 atom stereocenters. The topological polar surface area (TPSA) is 76.6 Å². The number of nitrogens with one attached hydrogen (secondary N) is 1. The number of nitrogens with zero attached hydrogens (tertiary/aromatic N) is 3. The lowest BCUT2D eigenvalue weighted by molar-refractivity contribution is -0.181. The first kappa shape index (κ1) is 17.7. The first-order valence-electron chi connectivity index (χ1n) is 8.68. The van der Waals surface area contributed by atoms with Gasteiger partial charge in [0.2, 0.25) is 0 Å². The number of carbonyl (C=O) groups excluding carboxylic acids is 1. The minimum atomic E-state index is -0.740. The van der Waals surface area contributed by atoms with Gasteiger partial charge in [-0.15, -0.1) is 10.2 Å². The highest BCUT2D eigenvalue weighted by atomic mass is 19.1. The Hall–Kier alpha value is -2.65. The number of carbonyl (C=O) groups is 1. The number of benzene rings is 1. The maximum absolute atomic E-state index is 13.7. The molecule has 7 nitrogen and oxygen atoms in total. The Labute approximate surface area is 154 Å². The zero-order valence-electron chi connectivity index (χ0n) is 14.5. The second kappa shape index (κ2) is 7.16. The minimum Gasteiger partial charge on any atom is -0.347 e. The highest BCUT2D eigenvalue weighted by Crippen LogP contribution is 2.31. The first-order chi connectivity index (χ1) is 13.1. The summed E-state index contributed by atoms with van der Waals surface area (Å²) >= 11 is 0. The van der Waals surface area contributed by atoms with Gasteiger partial charge in [-0.05, 0) is 24.3 Å². The van der Waals surface area contributed by atoms with E-state index >= 15 is 0 Å². The molecule has 4 rings (SSSR count). The van der Waals surface area contributed by atoms with Gasteiger partial charge in [0.25, 0.3) is 5.91 Å². The fourth-order valence-electron chi connectivity index (χ4n) is 3.26. The summed E-state index contributed by atoms with van der Waals surface area (Å²) in [6, 6.07) is 6.48. The van der Waals surface area contributed by atoms with Crippen LogP contribution < -0.4 is 5.32 Å². The van der Waals surface area contributed by atoms with Gasteiger partial charge in [-0.3, -0.25) is 4.79 Å². The van der Waals surface area contributed by atoms with Crippen LogP contribution >= 0.6 is 0 Å². The van der Waals surface area contributed by atoms with Gasteiger partial charge < -0.3 is 19.7 Å². The van der Waals surface area contributed by atoms with E-state index in [0.29, 0.717) is 39.1 Å². The fraction of sp³-hybridized carbons (Fsp3) is 0.389. The Bertz CT molecular complexity index is 811. The molecular formula is C18H18F2N4O3. The van der Waals surface area contributed by atoms with Gasteiger partial charge in [-0.2, -0.15) is 0 Å². The van der Waals surface area contributed by atoms with Gasteiger partial charge in [0, 0.05) is 25.9 Å². The molecular weight excluding hydrogens is 358 g/mol. The average molecular weight is 376 g/mol. The maximum Gasteiger partial charge on any atom is 0.274 e. The predicted octanol–water partition coefficient (Wildman–Crippen LogP) is 2.48. The molecule has 0 radical (unpaired) electrons. The highest BCUT2D eigenvalue weighted by molar-refractivity contribution is 5.92. The Kier molecular flexibility index (Phi) is 4.71. The van der Waals surface area contributed by atoms with Crippen molar-refractivity contribution in [1.82, 2.24) is 15.1 Å². The lowest BCUT2D eigenvalue weighted by atomic mass is 10.0. The van der Waals surface area contributed by atoms with Crippen LogP contribution in [0.3, 0.4) is 0 Å². The summed E-state index contributed by atoms with van der Waals surface area (Å²) in [6.45, 7) is 2.16. The molecule has 1 amide bonds. The third-order valence-corrected chi connectivity index (χ3v) is 4.73. The smallest absolute Gasteiger partial charge is 0.274 e. The molecule has 27 heavy (non-hydrogen) atoms. The molecule has 9 heteroatoms. The number of piperidine rings is 1. The molecule has 0 unspecified atom stereocenters. The summed E-state index contributed by atoms with van der Waals surface area (Å²) in [6.07, 6.45) is 1.22. The van der Waals surface area contributed by atoms with Crippen LogP contribution in [0.1, 0.15) is 23.3 Å². The molecule has 2 saturated heterocycles. The van der Waals surface area contributed by atoms with Gasteiger partial charge in [0.05, 0.1) is 13.2 Å². The van der Waals surface area contributed by atoms with Crippen LogP contribution in [0, 0.1) is 11.6 Å². The number of rotatable bonds is 3. The summed E-state index contributed by atoms with van der Waals surface area (Å²) in [5, 5.41) is 10.3. The number of likely N-dealkylation sites (tertiary alicyclic amines) is 1. The summed E-state index contributed by atoms with van der Waals surface area (Å²) < 4.78 is 38.7. The number of anilines is 2. The number of hydrogen-bond acceptors (Lipinski definition) is 6. The quantitative estimate of drug-likeness (QED) is 0.887. The molecule has 2 aromatic rings. The van der Waals surface area contributed by atoms with Crippen molar-refractivity contribution in [2.45, 2.75) is 18.6 Å². The molecule has 1 spiro atoms. The molecule has 0 bridgehead atoms. The first-order valence-corrected chi connectivity index (χ1v) is 8.68. The van der Waals surface area contributed by atoms with Crippen LogP contribution in [-0.2, 0) is 9.47 Å². The van der Waals surface area contributed by atoms with E-state index in [1.165, 1.54) is 18.2 Å². The normalized spacial score (nSPS) is 18.7. The third kappa shape index (κ3) is 3.60. The lowest BCUT2D eigenvalue weighted by Gasteiger charge is -2.37. The van der Waals surface area contributed by atoms with Crippen molar-refractivity contribution in [1.29, 1.82) is 0 Å². The van der Waals surface area contributed by atoms with Crippen molar-refractivity contribution in [2.24, 2.45) is 0 Å². The van der Waals surface area contributed by atoms with E-state index < -0.39 is 17.4 Å². The number of aromatic nitrogens is 2. The van der Waals surface area contributed by atoms with Gasteiger partial charge in [0.15, 0.2) is 17.3 Å². The summed E-state index contributed by atoms with van der Waals surface area (Å²) in [5.41, 5.74) is -0.150. The van der Waals surface area contributed by atoms with Crippen LogP contribution in [0.15, 0.2) is 30.3 Å². The SMILES string of the molecule is O=C(c1ccc(Nc2c(F)cccc2F)nn1)N1CCC2(CC1)OCCO2. The maximum atomic E-state index is 13.7. The van der Waals surface area contributed by atoms with Crippen molar-refractivity contribution in [3.05, 3.63) is 47.7 Å². The number of para-hydroxylation sites is 1. The summed E-state index contributed by atoms with van der Waals surface area (Å²) in [4.78, 5) is 14.3. The van der Waals surface area contributed by atoms with Crippen molar-refractivity contribution < 1.29 is 23.0 Å². The number of amides is 1. The molecule has 142 valence electrons. The van der Waals surface area contributed by atoms with Crippen molar-refractivity contribution in [3.63, 3.8) is 0 Å². The van der Waals surface area contributed by atoms with Crippen molar-refractivity contribution in [3.8, 4) is 0 Å². The van der Waals surface area contributed by atoms with Gasteiger partial charge in [-0.25, -0.2) is 8.78 Å². The average Bonchev–Trinajstić information content (AvgIpc) is 3.13. The van der Waals surface area contributed by atoms with E-state index in [9.17, 15) is 13.6 Å². The molecule has 0 saturated carbocycles. The zero-order chi connectivity index (χ0) is 18.9.